The zero-order chi connectivity index (χ0) is 17.3. The highest BCUT2D eigenvalue weighted by Crippen LogP contribution is 2.26. The first-order chi connectivity index (χ1) is 11.4. The molecule has 24 heavy (non-hydrogen) atoms. The second-order valence-electron chi connectivity index (χ2n) is 7.02. The Hall–Kier alpha value is -1.50. The number of carbonyl (C=O) groups is 1. The lowest BCUT2D eigenvalue weighted by molar-refractivity contribution is 0.171. The van der Waals surface area contributed by atoms with Crippen LogP contribution in [0.3, 0.4) is 0 Å². The Kier molecular flexibility index (Phi) is 4.90. The number of hydrogen-bond acceptors (Lipinski definition) is 3. The van der Waals surface area contributed by atoms with Crippen LogP contribution in [0.2, 0.25) is 0 Å². The number of piperidine rings is 1. The maximum Gasteiger partial charge on any atom is 0.317 e. The largest absolute Gasteiger partial charge is 0.346 e. The molecule has 3 rings (SSSR count). The van der Waals surface area contributed by atoms with Crippen LogP contribution in [-0.2, 0) is 9.84 Å². The lowest BCUT2D eigenvalue weighted by atomic mass is 10.0. The normalized spacial score (nSPS) is 24.2. The van der Waals surface area contributed by atoms with E-state index in [4.69, 9.17) is 0 Å². The molecular formula is C17H27N3O3S. The molecule has 0 aliphatic carbocycles. The summed E-state index contributed by atoms with van der Waals surface area (Å²) in [4.78, 5) is 14.1. The fourth-order valence-electron chi connectivity index (χ4n) is 3.98. The van der Waals surface area contributed by atoms with Crippen LogP contribution in [0.5, 0.6) is 0 Å². The van der Waals surface area contributed by atoms with E-state index in [1.165, 1.54) is 11.4 Å². The number of likely N-dealkylation sites (tertiary alicyclic amines) is 1. The van der Waals surface area contributed by atoms with Crippen molar-refractivity contribution in [2.24, 2.45) is 0 Å². The summed E-state index contributed by atoms with van der Waals surface area (Å²) in [6.45, 7) is 5.91. The molecular weight excluding hydrogens is 326 g/mol. The number of aromatic nitrogens is 1. The van der Waals surface area contributed by atoms with Crippen LogP contribution >= 0.6 is 0 Å². The number of carbonyl (C=O) groups excluding carboxylic acids is 1. The van der Waals surface area contributed by atoms with Gasteiger partial charge in [-0.15, -0.1) is 0 Å². The highest BCUT2D eigenvalue weighted by atomic mass is 32.2. The first kappa shape index (κ1) is 17.3. The zero-order valence-corrected chi connectivity index (χ0v) is 15.3. The van der Waals surface area contributed by atoms with Gasteiger partial charge >= 0.3 is 6.03 Å². The molecule has 7 heteroatoms. The van der Waals surface area contributed by atoms with Crippen molar-refractivity contribution in [2.75, 3.05) is 25.4 Å². The van der Waals surface area contributed by atoms with Crippen LogP contribution in [0.15, 0.2) is 12.1 Å². The second-order valence-corrected chi connectivity index (χ2v) is 9.42. The van der Waals surface area contributed by atoms with Gasteiger partial charge in [0.1, 0.15) is 0 Å². The molecule has 0 spiro atoms. The number of amides is 2. The Bertz CT molecular complexity index is 683. The zero-order valence-electron chi connectivity index (χ0n) is 14.5. The molecule has 1 aromatic heterocycles. The number of aryl methyl sites for hydroxylation is 2. The van der Waals surface area contributed by atoms with Crippen molar-refractivity contribution < 1.29 is 13.2 Å². The molecule has 0 aromatic carbocycles. The average molecular weight is 353 g/mol. The van der Waals surface area contributed by atoms with Crippen LogP contribution in [0, 0.1) is 13.8 Å². The second kappa shape index (κ2) is 6.78. The van der Waals surface area contributed by atoms with Crippen LogP contribution in [0.25, 0.3) is 0 Å². The molecule has 0 bridgehead atoms. The van der Waals surface area contributed by atoms with E-state index in [0.717, 1.165) is 12.8 Å². The monoisotopic (exact) mass is 353 g/mol. The van der Waals surface area contributed by atoms with E-state index in [2.05, 4.69) is 35.9 Å². The predicted octanol–water partition coefficient (Wildman–Crippen LogP) is 2.03. The molecule has 2 aliphatic rings. The van der Waals surface area contributed by atoms with Crippen molar-refractivity contribution >= 4 is 15.9 Å². The maximum atomic E-state index is 12.3. The number of nitrogens with one attached hydrogen (secondary N) is 1. The van der Waals surface area contributed by atoms with E-state index in [0.29, 0.717) is 32.0 Å². The van der Waals surface area contributed by atoms with Crippen molar-refractivity contribution in [3.05, 3.63) is 23.5 Å². The topological polar surface area (TPSA) is 71.4 Å². The number of nitrogens with zero attached hydrogens (tertiary/aromatic N) is 2. The molecule has 2 aliphatic heterocycles. The van der Waals surface area contributed by atoms with Gasteiger partial charge in [-0.1, -0.05) is 0 Å². The maximum absolute atomic E-state index is 12.3. The Morgan fingerprint density at radius 1 is 1.17 bits per heavy atom. The van der Waals surface area contributed by atoms with Gasteiger partial charge in [-0.2, -0.15) is 0 Å². The first-order valence-corrected chi connectivity index (χ1v) is 10.5. The van der Waals surface area contributed by atoms with Crippen LogP contribution in [-0.4, -0.2) is 54.6 Å². The van der Waals surface area contributed by atoms with Crippen molar-refractivity contribution in [3.8, 4) is 0 Å². The van der Waals surface area contributed by atoms with Gasteiger partial charge in [-0.05, 0) is 51.7 Å². The third kappa shape index (κ3) is 3.45. The van der Waals surface area contributed by atoms with E-state index < -0.39 is 15.1 Å². The molecule has 1 aromatic rings. The van der Waals surface area contributed by atoms with E-state index in [1.807, 2.05) is 4.90 Å². The van der Waals surface area contributed by atoms with Crippen LogP contribution in [0.1, 0.15) is 43.1 Å². The highest BCUT2D eigenvalue weighted by molar-refractivity contribution is 7.92. The smallest absolute Gasteiger partial charge is 0.317 e. The number of sulfone groups is 1. The third-order valence-electron chi connectivity index (χ3n) is 5.39. The van der Waals surface area contributed by atoms with E-state index >= 15 is 0 Å². The van der Waals surface area contributed by atoms with Gasteiger partial charge in [0.25, 0.3) is 0 Å². The fraction of sp³-hybridized carbons (Fsp3) is 0.706. The molecule has 1 N–H and O–H groups in total. The minimum atomic E-state index is -3.00. The Morgan fingerprint density at radius 3 is 2.33 bits per heavy atom. The average Bonchev–Trinajstić information content (AvgIpc) is 3.06. The van der Waals surface area contributed by atoms with Crippen molar-refractivity contribution in [2.45, 2.75) is 50.8 Å². The Labute approximate surface area is 144 Å². The summed E-state index contributed by atoms with van der Waals surface area (Å²) >= 11 is 0. The van der Waals surface area contributed by atoms with Gasteiger partial charge in [0.2, 0.25) is 0 Å². The highest BCUT2D eigenvalue weighted by Gasteiger charge is 2.32. The summed E-state index contributed by atoms with van der Waals surface area (Å²) in [5, 5.41) is 2.42. The van der Waals surface area contributed by atoms with Gasteiger partial charge in [0.05, 0.1) is 11.0 Å². The van der Waals surface area contributed by atoms with E-state index in [1.54, 1.807) is 0 Å². The van der Waals surface area contributed by atoms with Crippen LogP contribution < -0.4 is 5.32 Å². The quantitative estimate of drug-likeness (QED) is 0.904. The fourth-order valence-corrected chi connectivity index (χ4v) is 5.75. The summed E-state index contributed by atoms with van der Waals surface area (Å²) in [5.74, 6) is 0.258. The summed E-state index contributed by atoms with van der Waals surface area (Å²) in [6.07, 6.45) is 3.25. The van der Waals surface area contributed by atoms with E-state index in [-0.39, 0.29) is 18.3 Å². The van der Waals surface area contributed by atoms with Crippen molar-refractivity contribution in [3.63, 3.8) is 0 Å². The Morgan fingerprint density at radius 2 is 1.79 bits per heavy atom. The minimum Gasteiger partial charge on any atom is -0.346 e. The number of rotatable bonds is 3. The van der Waals surface area contributed by atoms with Gasteiger partial charge in [-0.3, -0.25) is 0 Å². The van der Waals surface area contributed by atoms with Crippen molar-refractivity contribution in [1.29, 1.82) is 0 Å². The molecule has 134 valence electrons. The summed E-state index contributed by atoms with van der Waals surface area (Å²) in [5.41, 5.74) is 2.53. The molecule has 3 heterocycles. The molecule has 1 atom stereocenters. The molecule has 2 fully saturated rings. The molecule has 0 radical (unpaired) electrons. The molecule has 6 nitrogen and oxygen atoms in total. The lowest BCUT2D eigenvalue weighted by Gasteiger charge is -2.34. The standard InChI is InChI=1S/C17H27N3O3S/c1-13-5-6-14(2)20(13)15-7-9-19(10-8-15)17(21)18-12-16-4-3-11-24(16,22)23/h5-6,15-16H,3-4,7-12H2,1-2H3,(H,18,21). The van der Waals surface area contributed by atoms with E-state index in [9.17, 15) is 13.2 Å². The molecule has 2 amide bonds. The van der Waals surface area contributed by atoms with Crippen molar-refractivity contribution in [1.82, 2.24) is 14.8 Å². The van der Waals surface area contributed by atoms with Gasteiger partial charge in [0, 0.05) is 37.1 Å². The first-order valence-electron chi connectivity index (χ1n) is 8.77. The van der Waals surface area contributed by atoms with Crippen LogP contribution in [0.4, 0.5) is 4.79 Å². The summed E-state index contributed by atoms with van der Waals surface area (Å²) in [6, 6.07) is 4.59. The predicted molar refractivity (Wildman–Crippen MR) is 94.0 cm³/mol. The minimum absolute atomic E-state index is 0.128. The number of urea groups is 1. The number of hydrogen-bond donors (Lipinski definition) is 1. The summed E-state index contributed by atoms with van der Waals surface area (Å²) in [7, 11) is -3.00. The van der Waals surface area contributed by atoms with Gasteiger partial charge < -0.3 is 14.8 Å². The molecule has 0 saturated carbocycles. The summed E-state index contributed by atoms with van der Waals surface area (Å²) < 4.78 is 26.0. The third-order valence-corrected chi connectivity index (χ3v) is 7.66. The molecule has 2 saturated heterocycles. The lowest BCUT2D eigenvalue weighted by Crippen LogP contribution is -2.47. The Balaban J connectivity index is 1.50. The van der Waals surface area contributed by atoms with Gasteiger partial charge in [0.15, 0.2) is 9.84 Å². The SMILES string of the molecule is Cc1ccc(C)n1C1CCN(C(=O)NCC2CCCS2(=O)=O)CC1. The van der Waals surface area contributed by atoms with Gasteiger partial charge in [-0.25, -0.2) is 13.2 Å². The molecule has 1 unspecified atom stereocenters.